The van der Waals surface area contributed by atoms with Gasteiger partial charge >= 0.3 is 0 Å². The summed E-state index contributed by atoms with van der Waals surface area (Å²) in [5.41, 5.74) is 0. The first-order valence-corrected chi connectivity index (χ1v) is 6.88. The molecule has 7 heteroatoms. The Morgan fingerprint density at radius 3 is 3.05 bits per heavy atom. The van der Waals surface area contributed by atoms with Crippen LogP contribution in [0.15, 0.2) is 0 Å². The van der Waals surface area contributed by atoms with Crippen molar-refractivity contribution in [3.8, 4) is 6.07 Å². The Morgan fingerprint density at radius 1 is 1.42 bits per heavy atom. The summed E-state index contributed by atoms with van der Waals surface area (Å²) in [6.07, 6.45) is 3.08. The average molecular weight is 261 g/mol. The number of nitriles is 1. The fourth-order valence-electron chi connectivity index (χ4n) is 3.37. The number of anilines is 1. The second kappa shape index (κ2) is 5.13. The van der Waals surface area contributed by atoms with E-state index in [1.54, 1.807) is 4.68 Å². The van der Waals surface area contributed by atoms with Crippen molar-refractivity contribution in [2.45, 2.75) is 25.3 Å². The fraction of sp³-hybridized carbons (Fsp3) is 0.833. The number of aromatic nitrogens is 4. The lowest BCUT2D eigenvalue weighted by atomic mass is 9.92. The van der Waals surface area contributed by atoms with Gasteiger partial charge in [0.05, 0.1) is 6.07 Å². The van der Waals surface area contributed by atoms with Crippen LogP contribution in [0.5, 0.6) is 0 Å². The van der Waals surface area contributed by atoms with E-state index < -0.39 is 0 Å². The maximum Gasteiger partial charge on any atom is 0.245 e. The Hall–Kier alpha value is -1.68. The van der Waals surface area contributed by atoms with Gasteiger partial charge in [0, 0.05) is 45.7 Å². The molecule has 0 aromatic carbocycles. The number of piperidine rings is 1. The van der Waals surface area contributed by atoms with E-state index in [1.807, 2.05) is 7.05 Å². The predicted octanol–water partition coefficient (Wildman–Crippen LogP) is 0.0244. The lowest BCUT2D eigenvalue weighted by Crippen LogP contribution is -2.46. The summed E-state index contributed by atoms with van der Waals surface area (Å²) in [6, 6.07) is 2.73. The zero-order valence-electron chi connectivity index (χ0n) is 11.2. The molecule has 3 rings (SSSR count). The van der Waals surface area contributed by atoms with Crippen LogP contribution in [0.2, 0.25) is 0 Å². The highest BCUT2D eigenvalue weighted by Gasteiger charge is 2.40. The molecule has 0 radical (unpaired) electrons. The minimum absolute atomic E-state index is 0.497. The number of aryl methyl sites for hydroxylation is 1. The van der Waals surface area contributed by atoms with Crippen LogP contribution >= 0.6 is 0 Å². The molecule has 1 aromatic rings. The van der Waals surface area contributed by atoms with Gasteiger partial charge in [0.25, 0.3) is 0 Å². The standard InChI is InChI=1S/C12H19N7/c1-17-12(14-15-16-17)19-7-2-4-10-8-18(6-3-5-13)9-11(10)19/h10-11H,2-4,6-9H2,1H3/t10-,11-/m0/s1. The van der Waals surface area contributed by atoms with Crippen LogP contribution in [0.4, 0.5) is 5.95 Å². The summed E-state index contributed by atoms with van der Waals surface area (Å²) in [6.45, 7) is 4.04. The number of nitrogens with zero attached hydrogens (tertiary/aromatic N) is 7. The van der Waals surface area contributed by atoms with Crippen molar-refractivity contribution in [2.24, 2.45) is 13.0 Å². The topological polar surface area (TPSA) is 73.9 Å². The maximum atomic E-state index is 8.71. The van der Waals surface area contributed by atoms with E-state index in [-0.39, 0.29) is 0 Å². The van der Waals surface area contributed by atoms with Crippen LogP contribution in [0.1, 0.15) is 19.3 Å². The molecule has 2 aliphatic rings. The van der Waals surface area contributed by atoms with Crippen molar-refractivity contribution in [2.75, 3.05) is 31.1 Å². The van der Waals surface area contributed by atoms with Crippen LogP contribution in [0.3, 0.4) is 0 Å². The van der Waals surface area contributed by atoms with Crippen molar-refractivity contribution < 1.29 is 0 Å². The monoisotopic (exact) mass is 261 g/mol. The zero-order chi connectivity index (χ0) is 13.2. The Balaban J connectivity index is 1.74. The molecule has 0 N–H and O–H groups in total. The Morgan fingerprint density at radius 2 is 2.32 bits per heavy atom. The maximum absolute atomic E-state index is 8.71. The van der Waals surface area contributed by atoms with E-state index in [1.165, 1.54) is 12.8 Å². The highest BCUT2D eigenvalue weighted by Crippen LogP contribution is 2.32. The minimum Gasteiger partial charge on any atom is -0.335 e. The van der Waals surface area contributed by atoms with Crippen molar-refractivity contribution in [3.63, 3.8) is 0 Å². The first-order chi connectivity index (χ1) is 9.29. The van der Waals surface area contributed by atoms with Gasteiger partial charge in [0.1, 0.15) is 0 Å². The van der Waals surface area contributed by atoms with Gasteiger partial charge in [-0.25, -0.2) is 4.68 Å². The Kier molecular flexibility index (Phi) is 3.34. The number of tetrazole rings is 1. The van der Waals surface area contributed by atoms with Crippen LogP contribution in [0, 0.1) is 17.2 Å². The third kappa shape index (κ3) is 2.28. The van der Waals surface area contributed by atoms with E-state index >= 15 is 0 Å². The van der Waals surface area contributed by atoms with Gasteiger partial charge in [-0.3, -0.25) is 4.90 Å². The van der Waals surface area contributed by atoms with Crippen molar-refractivity contribution >= 4 is 5.95 Å². The number of hydrogen-bond donors (Lipinski definition) is 0. The molecule has 2 saturated heterocycles. The zero-order valence-corrected chi connectivity index (χ0v) is 11.2. The summed E-state index contributed by atoms with van der Waals surface area (Å²) in [5, 5.41) is 20.5. The van der Waals surface area contributed by atoms with Gasteiger partial charge in [-0.05, 0) is 29.2 Å². The SMILES string of the molecule is Cn1nnnc1N1CCC[C@H]2CN(CCC#N)C[C@@H]21. The van der Waals surface area contributed by atoms with Crippen molar-refractivity contribution in [3.05, 3.63) is 0 Å². The van der Waals surface area contributed by atoms with Gasteiger partial charge in [-0.15, -0.1) is 0 Å². The van der Waals surface area contributed by atoms with Gasteiger partial charge in [-0.2, -0.15) is 5.26 Å². The van der Waals surface area contributed by atoms with Crippen molar-refractivity contribution in [1.82, 2.24) is 25.1 Å². The molecule has 0 saturated carbocycles. The predicted molar refractivity (Wildman–Crippen MR) is 69.3 cm³/mol. The molecule has 0 bridgehead atoms. The third-order valence-electron chi connectivity index (χ3n) is 4.25. The lowest BCUT2D eigenvalue weighted by molar-refractivity contribution is 0.327. The highest BCUT2D eigenvalue weighted by atomic mass is 15.6. The second-order valence-corrected chi connectivity index (χ2v) is 5.43. The Labute approximate surface area is 112 Å². The molecule has 7 nitrogen and oxygen atoms in total. The summed E-state index contributed by atoms with van der Waals surface area (Å²) >= 11 is 0. The number of likely N-dealkylation sites (tertiary alicyclic amines) is 1. The molecule has 2 aliphatic heterocycles. The summed E-state index contributed by atoms with van der Waals surface area (Å²) < 4.78 is 1.75. The third-order valence-corrected chi connectivity index (χ3v) is 4.25. The number of fused-ring (bicyclic) bond motifs is 1. The van der Waals surface area contributed by atoms with Crippen LogP contribution in [0.25, 0.3) is 0 Å². The molecule has 3 heterocycles. The summed E-state index contributed by atoms with van der Waals surface area (Å²) in [7, 11) is 1.89. The summed E-state index contributed by atoms with van der Waals surface area (Å²) in [5.74, 6) is 1.56. The lowest BCUT2D eigenvalue weighted by Gasteiger charge is -2.36. The van der Waals surface area contributed by atoms with Crippen molar-refractivity contribution in [1.29, 1.82) is 5.26 Å². The van der Waals surface area contributed by atoms with E-state index in [0.717, 1.165) is 32.1 Å². The molecular weight excluding hydrogens is 242 g/mol. The van der Waals surface area contributed by atoms with Crippen LogP contribution in [-0.4, -0.2) is 57.3 Å². The molecule has 0 unspecified atom stereocenters. The van der Waals surface area contributed by atoms with E-state index in [2.05, 4.69) is 31.4 Å². The Bertz CT molecular complexity index is 477. The molecule has 0 amide bonds. The van der Waals surface area contributed by atoms with Crippen LogP contribution < -0.4 is 4.90 Å². The number of rotatable bonds is 3. The first kappa shape index (κ1) is 12.4. The molecule has 2 fully saturated rings. The van der Waals surface area contributed by atoms with E-state index in [0.29, 0.717) is 18.4 Å². The van der Waals surface area contributed by atoms with Gasteiger partial charge < -0.3 is 4.90 Å². The number of hydrogen-bond acceptors (Lipinski definition) is 6. The molecular formula is C12H19N7. The van der Waals surface area contributed by atoms with Gasteiger partial charge in [-0.1, -0.05) is 5.10 Å². The second-order valence-electron chi connectivity index (χ2n) is 5.43. The van der Waals surface area contributed by atoms with Gasteiger partial charge in [0.15, 0.2) is 0 Å². The molecule has 0 spiro atoms. The molecule has 102 valence electrons. The molecule has 19 heavy (non-hydrogen) atoms. The first-order valence-electron chi connectivity index (χ1n) is 6.88. The smallest absolute Gasteiger partial charge is 0.245 e. The molecule has 0 aliphatic carbocycles. The highest BCUT2D eigenvalue weighted by molar-refractivity contribution is 5.32. The average Bonchev–Trinajstić information content (AvgIpc) is 3.01. The largest absolute Gasteiger partial charge is 0.335 e. The minimum atomic E-state index is 0.497. The quantitative estimate of drug-likeness (QED) is 0.764. The van der Waals surface area contributed by atoms with E-state index in [9.17, 15) is 0 Å². The van der Waals surface area contributed by atoms with E-state index in [4.69, 9.17) is 5.26 Å². The molecule has 2 atom stereocenters. The fourth-order valence-corrected chi connectivity index (χ4v) is 3.37. The van der Waals surface area contributed by atoms with Gasteiger partial charge in [0.2, 0.25) is 5.95 Å². The normalized spacial score (nSPS) is 27.3. The summed E-state index contributed by atoms with van der Waals surface area (Å²) in [4.78, 5) is 4.75. The van der Waals surface area contributed by atoms with Crippen LogP contribution in [-0.2, 0) is 7.05 Å². The molecule has 1 aromatic heterocycles.